The predicted molar refractivity (Wildman–Crippen MR) is 148 cm³/mol. The standard InChI is InChI=1S/C32H22O6/c33-31(34)17-37-29-13-21-11-9-19-5-1-3-7-23(19)25(21)15-27(29)28-16-26-22(14-30(28)38-18-32(35)36)12-10-20-6-2-4-8-24(20)26/h1-16H,17-18H2,(H,33,34)(H,35,36). The topological polar surface area (TPSA) is 93.1 Å². The van der Waals surface area contributed by atoms with E-state index in [1.165, 1.54) is 0 Å². The largest absolute Gasteiger partial charge is 0.481 e. The Morgan fingerprint density at radius 2 is 0.895 bits per heavy atom. The molecule has 0 amide bonds. The summed E-state index contributed by atoms with van der Waals surface area (Å²) in [6.45, 7) is -1.04. The molecule has 6 aromatic carbocycles. The van der Waals surface area contributed by atoms with Gasteiger partial charge in [-0.05, 0) is 67.4 Å². The van der Waals surface area contributed by atoms with Crippen molar-refractivity contribution in [1.29, 1.82) is 0 Å². The van der Waals surface area contributed by atoms with Crippen molar-refractivity contribution in [2.75, 3.05) is 13.2 Å². The van der Waals surface area contributed by atoms with Gasteiger partial charge in [-0.25, -0.2) is 9.59 Å². The van der Waals surface area contributed by atoms with Crippen molar-refractivity contribution in [3.8, 4) is 22.6 Å². The van der Waals surface area contributed by atoms with Crippen LogP contribution in [0.3, 0.4) is 0 Å². The molecule has 0 spiro atoms. The van der Waals surface area contributed by atoms with Gasteiger partial charge in [0.05, 0.1) is 0 Å². The zero-order valence-electron chi connectivity index (χ0n) is 20.2. The van der Waals surface area contributed by atoms with Crippen LogP contribution in [0.1, 0.15) is 0 Å². The van der Waals surface area contributed by atoms with Gasteiger partial charge in [0.25, 0.3) is 0 Å². The van der Waals surface area contributed by atoms with Crippen LogP contribution in [0, 0.1) is 0 Å². The summed E-state index contributed by atoms with van der Waals surface area (Å²) >= 11 is 0. The zero-order valence-corrected chi connectivity index (χ0v) is 20.2. The van der Waals surface area contributed by atoms with Gasteiger partial charge in [-0.3, -0.25) is 0 Å². The summed E-state index contributed by atoms with van der Waals surface area (Å²) in [7, 11) is 0. The number of carbonyl (C=O) groups is 2. The van der Waals surface area contributed by atoms with Crippen molar-refractivity contribution in [3.63, 3.8) is 0 Å². The van der Waals surface area contributed by atoms with E-state index in [4.69, 9.17) is 9.47 Å². The van der Waals surface area contributed by atoms with Crippen LogP contribution in [0.15, 0.2) is 97.1 Å². The molecule has 0 heterocycles. The molecule has 186 valence electrons. The highest BCUT2D eigenvalue weighted by Gasteiger charge is 2.18. The van der Waals surface area contributed by atoms with Crippen LogP contribution < -0.4 is 9.47 Å². The molecule has 0 radical (unpaired) electrons. The van der Waals surface area contributed by atoms with E-state index in [0.717, 1.165) is 43.1 Å². The summed E-state index contributed by atoms with van der Waals surface area (Å²) in [5.74, 6) is -1.45. The summed E-state index contributed by atoms with van der Waals surface area (Å²) in [5.41, 5.74) is 1.23. The minimum Gasteiger partial charge on any atom is -0.481 e. The summed E-state index contributed by atoms with van der Waals surface area (Å²) in [4.78, 5) is 22.8. The van der Waals surface area contributed by atoms with Gasteiger partial charge in [0.15, 0.2) is 13.2 Å². The van der Waals surface area contributed by atoms with Gasteiger partial charge in [-0.1, -0.05) is 72.8 Å². The fourth-order valence-electron chi connectivity index (χ4n) is 5.01. The Labute approximate surface area is 217 Å². The number of hydrogen-bond acceptors (Lipinski definition) is 4. The van der Waals surface area contributed by atoms with Gasteiger partial charge in [0.2, 0.25) is 0 Å². The van der Waals surface area contributed by atoms with E-state index < -0.39 is 25.2 Å². The minimum atomic E-state index is -1.10. The van der Waals surface area contributed by atoms with Crippen LogP contribution in [-0.2, 0) is 9.59 Å². The SMILES string of the molecule is O=C(O)COc1cc2ccc3ccccc3c2cc1-c1cc2c(ccc3ccccc32)cc1OCC(=O)O. The van der Waals surface area contributed by atoms with Gasteiger partial charge in [-0.2, -0.15) is 0 Å². The van der Waals surface area contributed by atoms with Crippen LogP contribution >= 0.6 is 0 Å². The number of rotatable bonds is 7. The normalized spacial score (nSPS) is 11.3. The van der Waals surface area contributed by atoms with E-state index in [9.17, 15) is 19.8 Å². The second-order valence-electron chi connectivity index (χ2n) is 9.08. The van der Waals surface area contributed by atoms with Crippen molar-refractivity contribution in [1.82, 2.24) is 0 Å². The third kappa shape index (κ3) is 4.22. The molecule has 6 rings (SSSR count). The van der Waals surface area contributed by atoms with E-state index >= 15 is 0 Å². The van der Waals surface area contributed by atoms with Crippen molar-refractivity contribution in [2.24, 2.45) is 0 Å². The third-order valence-corrected chi connectivity index (χ3v) is 6.68. The number of hydrogen-bond donors (Lipinski definition) is 2. The smallest absolute Gasteiger partial charge is 0.341 e. The first-order chi connectivity index (χ1) is 18.5. The van der Waals surface area contributed by atoms with Gasteiger partial charge < -0.3 is 19.7 Å². The number of benzene rings is 6. The Balaban J connectivity index is 1.68. The molecule has 0 aliphatic rings. The first-order valence-corrected chi connectivity index (χ1v) is 12.1. The van der Waals surface area contributed by atoms with Crippen molar-refractivity contribution in [3.05, 3.63) is 97.1 Å². The van der Waals surface area contributed by atoms with Gasteiger partial charge >= 0.3 is 11.9 Å². The second-order valence-corrected chi connectivity index (χ2v) is 9.08. The maximum absolute atomic E-state index is 11.4. The van der Waals surface area contributed by atoms with Crippen molar-refractivity contribution >= 4 is 55.0 Å². The minimum absolute atomic E-state index is 0.370. The molecule has 6 nitrogen and oxygen atoms in total. The first kappa shape index (κ1) is 23.3. The second kappa shape index (κ2) is 9.41. The Bertz CT molecular complexity index is 1750. The molecule has 0 aliphatic heterocycles. The van der Waals surface area contributed by atoms with Crippen LogP contribution in [0.4, 0.5) is 0 Å². The van der Waals surface area contributed by atoms with E-state index in [2.05, 4.69) is 0 Å². The highest BCUT2D eigenvalue weighted by Crippen LogP contribution is 2.43. The third-order valence-electron chi connectivity index (χ3n) is 6.68. The molecule has 0 atom stereocenters. The van der Waals surface area contributed by atoms with Crippen LogP contribution in [0.2, 0.25) is 0 Å². The molecule has 0 saturated carbocycles. The first-order valence-electron chi connectivity index (χ1n) is 12.1. The van der Waals surface area contributed by atoms with Gasteiger partial charge in [0.1, 0.15) is 11.5 Å². The number of ether oxygens (including phenoxy) is 2. The lowest BCUT2D eigenvalue weighted by Gasteiger charge is -2.18. The Kier molecular flexibility index (Phi) is 5.77. The molecule has 0 unspecified atom stereocenters. The number of aliphatic carboxylic acids is 2. The summed E-state index contributed by atoms with van der Waals surface area (Å²) in [5, 5.41) is 26.6. The molecule has 0 saturated heterocycles. The Hall–Kier alpha value is -5.10. The average molecular weight is 503 g/mol. The Morgan fingerprint density at radius 3 is 1.32 bits per heavy atom. The quantitative estimate of drug-likeness (QED) is 0.231. The number of carboxylic acids is 2. The van der Waals surface area contributed by atoms with Gasteiger partial charge in [-0.15, -0.1) is 0 Å². The van der Waals surface area contributed by atoms with E-state index in [0.29, 0.717) is 22.6 Å². The molecule has 0 aliphatic carbocycles. The van der Waals surface area contributed by atoms with Crippen LogP contribution in [0.25, 0.3) is 54.2 Å². The summed E-state index contributed by atoms with van der Waals surface area (Å²) in [6.07, 6.45) is 0. The number of carboxylic acid groups (broad SMARTS) is 2. The lowest BCUT2D eigenvalue weighted by Crippen LogP contribution is -2.11. The molecule has 0 aromatic heterocycles. The summed E-state index contributed by atoms with van der Waals surface area (Å²) < 4.78 is 11.6. The van der Waals surface area contributed by atoms with Crippen LogP contribution in [-0.4, -0.2) is 35.4 Å². The van der Waals surface area contributed by atoms with E-state index in [-0.39, 0.29) is 0 Å². The number of fused-ring (bicyclic) bond motifs is 6. The van der Waals surface area contributed by atoms with Crippen LogP contribution in [0.5, 0.6) is 11.5 Å². The molecular formula is C32H22O6. The average Bonchev–Trinajstić information content (AvgIpc) is 2.93. The van der Waals surface area contributed by atoms with E-state index in [1.54, 1.807) is 0 Å². The van der Waals surface area contributed by atoms with E-state index in [1.807, 2.05) is 97.1 Å². The molecular weight excluding hydrogens is 480 g/mol. The molecule has 38 heavy (non-hydrogen) atoms. The fraction of sp³-hybridized carbons (Fsp3) is 0.0625. The molecule has 6 aromatic rings. The molecule has 6 heteroatoms. The summed E-state index contributed by atoms with van der Waals surface area (Å²) in [6, 6.07) is 31.6. The zero-order chi connectivity index (χ0) is 26.2. The highest BCUT2D eigenvalue weighted by atomic mass is 16.5. The maximum atomic E-state index is 11.4. The van der Waals surface area contributed by atoms with Crippen molar-refractivity contribution < 1.29 is 29.3 Å². The Morgan fingerprint density at radius 1 is 0.500 bits per heavy atom. The molecule has 2 N–H and O–H groups in total. The molecule has 0 fully saturated rings. The lowest BCUT2D eigenvalue weighted by molar-refractivity contribution is -0.140. The van der Waals surface area contributed by atoms with Crippen molar-refractivity contribution in [2.45, 2.75) is 0 Å². The molecule has 0 bridgehead atoms. The predicted octanol–water partition coefficient (Wildman–Crippen LogP) is 6.89. The highest BCUT2D eigenvalue weighted by molar-refractivity contribution is 6.12. The lowest BCUT2D eigenvalue weighted by atomic mass is 9.93. The monoisotopic (exact) mass is 502 g/mol. The fourth-order valence-corrected chi connectivity index (χ4v) is 5.01. The van der Waals surface area contributed by atoms with Gasteiger partial charge in [0, 0.05) is 11.1 Å². The maximum Gasteiger partial charge on any atom is 0.341 e.